The lowest BCUT2D eigenvalue weighted by Gasteiger charge is -2.18. The molecule has 3 rings (SSSR count). The molecule has 23 heavy (non-hydrogen) atoms. The van der Waals surface area contributed by atoms with Crippen molar-refractivity contribution in [3.63, 3.8) is 0 Å². The monoisotopic (exact) mass is 302 g/mol. The molecule has 3 aromatic rings. The van der Waals surface area contributed by atoms with Crippen LogP contribution in [0.4, 0.5) is 5.69 Å². The minimum Gasteiger partial charge on any atom is -0.388 e. The van der Waals surface area contributed by atoms with Gasteiger partial charge in [-0.15, -0.1) is 0 Å². The summed E-state index contributed by atoms with van der Waals surface area (Å²) in [7, 11) is 1.96. The molecule has 0 saturated carbocycles. The first-order valence-electron chi connectivity index (χ1n) is 7.93. The number of anilines is 1. The Kier molecular flexibility index (Phi) is 4.74. The minimum atomic E-state index is -0.103. The Hall–Kier alpha value is -2.58. The lowest BCUT2D eigenvalue weighted by atomic mass is 9.91. The molecule has 1 unspecified atom stereocenters. The van der Waals surface area contributed by atoms with E-state index in [1.165, 1.54) is 16.7 Å². The molecule has 0 aliphatic carbocycles. The highest BCUT2D eigenvalue weighted by Crippen LogP contribution is 2.26. The summed E-state index contributed by atoms with van der Waals surface area (Å²) >= 11 is 0. The fourth-order valence-corrected chi connectivity index (χ4v) is 2.96. The molecule has 116 valence electrons. The molecule has 0 saturated heterocycles. The van der Waals surface area contributed by atoms with Crippen molar-refractivity contribution in [2.24, 2.45) is 5.73 Å². The van der Waals surface area contributed by atoms with Crippen LogP contribution in [0.2, 0.25) is 0 Å². The van der Waals surface area contributed by atoms with Crippen LogP contribution >= 0.6 is 0 Å². The van der Waals surface area contributed by atoms with Crippen LogP contribution in [0.3, 0.4) is 0 Å². The van der Waals surface area contributed by atoms with Gasteiger partial charge in [-0.1, -0.05) is 72.8 Å². The van der Waals surface area contributed by atoms with E-state index in [2.05, 4.69) is 66.0 Å². The van der Waals surface area contributed by atoms with Crippen molar-refractivity contribution < 1.29 is 0 Å². The maximum Gasteiger partial charge on any atom is 0.0554 e. The lowest BCUT2D eigenvalue weighted by Crippen LogP contribution is -2.14. The van der Waals surface area contributed by atoms with Gasteiger partial charge in [-0.25, -0.2) is 0 Å². The van der Waals surface area contributed by atoms with Crippen molar-refractivity contribution >= 4 is 5.69 Å². The molecule has 3 N–H and O–H groups in total. The van der Waals surface area contributed by atoms with Crippen molar-refractivity contribution in [3.8, 4) is 0 Å². The van der Waals surface area contributed by atoms with E-state index in [4.69, 9.17) is 5.73 Å². The summed E-state index contributed by atoms with van der Waals surface area (Å²) < 4.78 is 0. The topological polar surface area (TPSA) is 38.0 Å². The fraction of sp³-hybridized carbons (Fsp3) is 0.143. The Morgan fingerprint density at radius 1 is 0.783 bits per heavy atom. The summed E-state index contributed by atoms with van der Waals surface area (Å²) in [6.45, 7) is 0. The van der Waals surface area contributed by atoms with E-state index in [0.717, 1.165) is 17.7 Å². The molecule has 0 aliphatic rings. The van der Waals surface area contributed by atoms with Crippen LogP contribution in [-0.4, -0.2) is 7.05 Å². The average Bonchev–Trinajstić information content (AvgIpc) is 2.63. The Morgan fingerprint density at radius 2 is 1.39 bits per heavy atom. The summed E-state index contributed by atoms with van der Waals surface area (Å²) in [6, 6.07) is 27.0. The van der Waals surface area contributed by atoms with Crippen LogP contribution in [-0.2, 0) is 6.42 Å². The predicted octanol–water partition coefficient (Wildman–Crippen LogP) is 4.37. The molecule has 2 heteroatoms. The number of para-hydroxylation sites is 1. The van der Waals surface area contributed by atoms with Crippen molar-refractivity contribution in [1.82, 2.24) is 0 Å². The first-order chi connectivity index (χ1) is 11.3. The van der Waals surface area contributed by atoms with Crippen LogP contribution in [0.1, 0.15) is 28.3 Å². The van der Waals surface area contributed by atoms with E-state index in [1.54, 1.807) is 0 Å². The van der Waals surface area contributed by atoms with Crippen LogP contribution in [0.25, 0.3) is 0 Å². The fourth-order valence-electron chi connectivity index (χ4n) is 2.96. The molecule has 0 bridgehead atoms. The van der Waals surface area contributed by atoms with Gasteiger partial charge in [-0.05, 0) is 34.7 Å². The second kappa shape index (κ2) is 7.12. The molecular formula is C21H22N2. The summed E-state index contributed by atoms with van der Waals surface area (Å²) in [5.74, 6) is 0. The van der Waals surface area contributed by atoms with Gasteiger partial charge in [0, 0.05) is 12.7 Å². The van der Waals surface area contributed by atoms with Gasteiger partial charge in [0.25, 0.3) is 0 Å². The summed E-state index contributed by atoms with van der Waals surface area (Å²) in [4.78, 5) is 0. The molecule has 2 nitrogen and oxygen atoms in total. The molecule has 0 heterocycles. The molecule has 0 amide bonds. The Labute approximate surface area is 138 Å². The largest absolute Gasteiger partial charge is 0.388 e. The lowest BCUT2D eigenvalue weighted by molar-refractivity contribution is 0.853. The number of hydrogen-bond donors (Lipinski definition) is 2. The molecular weight excluding hydrogens is 280 g/mol. The summed E-state index contributed by atoms with van der Waals surface area (Å²) in [5.41, 5.74) is 12.6. The van der Waals surface area contributed by atoms with Gasteiger partial charge in [0.15, 0.2) is 0 Å². The number of rotatable bonds is 5. The van der Waals surface area contributed by atoms with E-state index in [9.17, 15) is 0 Å². The molecule has 0 aromatic heterocycles. The van der Waals surface area contributed by atoms with Gasteiger partial charge >= 0.3 is 0 Å². The highest BCUT2D eigenvalue weighted by molar-refractivity contribution is 5.53. The normalized spacial score (nSPS) is 11.9. The molecule has 0 aliphatic heterocycles. The van der Waals surface area contributed by atoms with Crippen molar-refractivity contribution in [2.75, 3.05) is 12.4 Å². The van der Waals surface area contributed by atoms with Crippen LogP contribution in [0.15, 0.2) is 78.9 Å². The van der Waals surface area contributed by atoms with Gasteiger partial charge in [-0.2, -0.15) is 0 Å². The van der Waals surface area contributed by atoms with E-state index in [-0.39, 0.29) is 6.04 Å². The van der Waals surface area contributed by atoms with Gasteiger partial charge in [0.05, 0.1) is 6.04 Å². The number of nitrogens with one attached hydrogen (secondary N) is 1. The van der Waals surface area contributed by atoms with Gasteiger partial charge in [0.2, 0.25) is 0 Å². The smallest absolute Gasteiger partial charge is 0.0554 e. The third kappa shape index (κ3) is 3.43. The second-order valence-corrected chi connectivity index (χ2v) is 5.67. The first-order valence-corrected chi connectivity index (χ1v) is 7.93. The Morgan fingerprint density at radius 3 is 2.13 bits per heavy atom. The van der Waals surface area contributed by atoms with Gasteiger partial charge in [0.1, 0.15) is 0 Å². The number of benzene rings is 3. The quantitative estimate of drug-likeness (QED) is 0.734. The Bertz CT molecular complexity index is 766. The molecule has 1 atom stereocenters. The highest BCUT2D eigenvalue weighted by Gasteiger charge is 2.13. The summed E-state index contributed by atoms with van der Waals surface area (Å²) in [6.07, 6.45) is 0.869. The maximum atomic E-state index is 6.53. The third-order valence-corrected chi connectivity index (χ3v) is 4.22. The van der Waals surface area contributed by atoms with E-state index < -0.39 is 0 Å². The Balaban J connectivity index is 1.95. The third-order valence-electron chi connectivity index (χ3n) is 4.22. The molecule has 0 fully saturated rings. The van der Waals surface area contributed by atoms with Crippen LogP contribution in [0, 0.1) is 0 Å². The maximum absolute atomic E-state index is 6.53. The summed E-state index contributed by atoms with van der Waals surface area (Å²) in [5, 5.41) is 3.26. The minimum absolute atomic E-state index is 0.103. The number of hydrogen-bond acceptors (Lipinski definition) is 2. The molecule has 3 aromatic carbocycles. The van der Waals surface area contributed by atoms with E-state index in [0.29, 0.717) is 0 Å². The van der Waals surface area contributed by atoms with Crippen molar-refractivity contribution in [3.05, 3.63) is 101 Å². The SMILES string of the molecule is CNc1ccccc1Cc1ccccc1C(N)c1ccccc1. The van der Waals surface area contributed by atoms with Crippen LogP contribution < -0.4 is 11.1 Å². The van der Waals surface area contributed by atoms with Crippen molar-refractivity contribution in [2.45, 2.75) is 12.5 Å². The van der Waals surface area contributed by atoms with Crippen LogP contribution in [0.5, 0.6) is 0 Å². The van der Waals surface area contributed by atoms with Gasteiger partial charge < -0.3 is 11.1 Å². The zero-order chi connectivity index (χ0) is 16.1. The zero-order valence-electron chi connectivity index (χ0n) is 13.4. The standard InChI is InChI=1S/C21H22N2/c1-23-20-14-8-6-12-18(20)15-17-11-5-7-13-19(17)21(22)16-9-3-2-4-10-16/h2-14,21,23H,15,22H2,1H3. The van der Waals surface area contributed by atoms with E-state index >= 15 is 0 Å². The van der Waals surface area contributed by atoms with Crippen molar-refractivity contribution in [1.29, 1.82) is 0 Å². The zero-order valence-corrected chi connectivity index (χ0v) is 13.4. The number of nitrogens with two attached hydrogens (primary N) is 1. The predicted molar refractivity (Wildman–Crippen MR) is 97.7 cm³/mol. The highest BCUT2D eigenvalue weighted by atomic mass is 14.8. The first kappa shape index (κ1) is 15.3. The average molecular weight is 302 g/mol. The van der Waals surface area contributed by atoms with E-state index in [1.807, 2.05) is 25.2 Å². The molecule has 0 radical (unpaired) electrons. The van der Waals surface area contributed by atoms with Gasteiger partial charge in [-0.3, -0.25) is 0 Å². The second-order valence-electron chi connectivity index (χ2n) is 5.67. The molecule has 0 spiro atoms.